The number of halogens is 2. The molecule has 34 heavy (non-hydrogen) atoms. The molecule has 0 bridgehead atoms. The number of benzene rings is 1. The van der Waals surface area contributed by atoms with Crippen LogP contribution in [0, 0.1) is 11.7 Å². The minimum absolute atomic E-state index is 0. The van der Waals surface area contributed by atoms with Crippen LogP contribution in [0.5, 0.6) is 5.75 Å². The molecule has 1 atom stereocenters. The molecule has 1 aliphatic heterocycles. The Hall–Kier alpha value is -2.39. The second-order valence-electron chi connectivity index (χ2n) is 8.97. The quantitative estimate of drug-likeness (QED) is 0.422. The van der Waals surface area contributed by atoms with Crippen LogP contribution in [-0.2, 0) is 0 Å². The highest BCUT2D eigenvalue weighted by atomic mass is 35.5. The summed E-state index contributed by atoms with van der Waals surface area (Å²) in [6, 6.07) is 5.09. The van der Waals surface area contributed by atoms with E-state index in [4.69, 9.17) is 4.74 Å². The number of likely N-dealkylation sites (N-methyl/N-ethyl adjacent to an activating group) is 1. The molecule has 2 aromatic rings. The minimum atomic E-state index is -0.409. The maximum Gasteiger partial charge on any atom is 0.233 e. The maximum atomic E-state index is 13.8. The molecule has 8 nitrogen and oxygen atoms in total. The van der Waals surface area contributed by atoms with Crippen LogP contribution < -0.4 is 20.7 Å². The molecule has 0 spiro atoms. The number of nitrogens with zero attached hydrogens (tertiary/aromatic N) is 4. The van der Waals surface area contributed by atoms with Crippen molar-refractivity contribution < 1.29 is 9.13 Å². The molecule has 1 saturated carbocycles. The van der Waals surface area contributed by atoms with Gasteiger partial charge in [0.25, 0.3) is 0 Å². The standard InChI is InChI=1S/C24H36FN7O.ClH/c1-3-32-13-7-10-19(32)16-27-23-29-22(26-15-17-8-5-4-6-9-17)30-24(31-23)28-18-11-12-20(25)21(14-18)33-2;/h11-12,14,17,19H,3-10,13,15-16H2,1-2H3,(H3,26,27,28,29,30,31);1H. The molecule has 188 valence electrons. The average molecular weight is 494 g/mol. The lowest BCUT2D eigenvalue weighted by atomic mass is 9.89. The first-order chi connectivity index (χ1) is 16.1. The van der Waals surface area contributed by atoms with Gasteiger partial charge >= 0.3 is 0 Å². The van der Waals surface area contributed by atoms with E-state index >= 15 is 0 Å². The van der Waals surface area contributed by atoms with Crippen LogP contribution in [0.4, 0.5) is 27.9 Å². The summed E-state index contributed by atoms with van der Waals surface area (Å²) in [4.78, 5) is 16.3. The summed E-state index contributed by atoms with van der Waals surface area (Å²) in [6.45, 7) is 6.06. The van der Waals surface area contributed by atoms with Crippen molar-refractivity contribution in [3.8, 4) is 5.75 Å². The molecule has 0 amide bonds. The van der Waals surface area contributed by atoms with E-state index in [1.54, 1.807) is 12.1 Å². The molecule has 1 aromatic carbocycles. The van der Waals surface area contributed by atoms with Gasteiger partial charge in [0.2, 0.25) is 17.8 Å². The summed E-state index contributed by atoms with van der Waals surface area (Å²) in [6.07, 6.45) is 8.83. The number of methoxy groups -OCH3 is 1. The number of ether oxygens (including phenoxy) is 1. The Kier molecular flexibility index (Phi) is 9.95. The van der Waals surface area contributed by atoms with E-state index in [0.29, 0.717) is 35.5 Å². The van der Waals surface area contributed by atoms with E-state index in [9.17, 15) is 4.39 Å². The van der Waals surface area contributed by atoms with E-state index in [0.717, 1.165) is 26.2 Å². The Morgan fingerprint density at radius 1 is 0.971 bits per heavy atom. The second-order valence-corrected chi connectivity index (χ2v) is 8.97. The monoisotopic (exact) mass is 493 g/mol. The molecule has 1 unspecified atom stereocenters. The summed E-state index contributed by atoms with van der Waals surface area (Å²) in [5, 5.41) is 10.0. The van der Waals surface area contributed by atoms with Crippen molar-refractivity contribution in [1.82, 2.24) is 19.9 Å². The molecule has 1 aliphatic carbocycles. The third-order valence-electron chi connectivity index (χ3n) is 6.72. The number of likely N-dealkylation sites (tertiary alicyclic amines) is 1. The Labute approximate surface area is 207 Å². The van der Waals surface area contributed by atoms with Crippen molar-refractivity contribution in [3.63, 3.8) is 0 Å². The summed E-state index contributed by atoms with van der Waals surface area (Å²) >= 11 is 0. The molecule has 10 heteroatoms. The molecule has 1 saturated heterocycles. The maximum absolute atomic E-state index is 13.8. The molecule has 2 fully saturated rings. The normalized spacial score (nSPS) is 18.9. The van der Waals surface area contributed by atoms with Gasteiger partial charge in [0.15, 0.2) is 11.6 Å². The van der Waals surface area contributed by atoms with Gasteiger partial charge in [-0.1, -0.05) is 26.2 Å². The van der Waals surface area contributed by atoms with Crippen molar-refractivity contribution in [2.75, 3.05) is 49.2 Å². The van der Waals surface area contributed by atoms with Crippen LogP contribution in [0.15, 0.2) is 18.2 Å². The molecule has 2 aliphatic rings. The summed E-state index contributed by atoms with van der Waals surface area (Å²) in [5.41, 5.74) is 0.650. The summed E-state index contributed by atoms with van der Waals surface area (Å²) in [7, 11) is 1.45. The zero-order chi connectivity index (χ0) is 23.0. The molecule has 2 heterocycles. The number of hydrogen-bond acceptors (Lipinski definition) is 8. The second kappa shape index (κ2) is 12.9. The van der Waals surface area contributed by atoms with Gasteiger partial charge in [-0.15, -0.1) is 12.4 Å². The van der Waals surface area contributed by atoms with E-state index < -0.39 is 5.82 Å². The lowest BCUT2D eigenvalue weighted by Gasteiger charge is -2.23. The van der Waals surface area contributed by atoms with Gasteiger partial charge in [0.05, 0.1) is 7.11 Å². The van der Waals surface area contributed by atoms with Crippen molar-refractivity contribution in [1.29, 1.82) is 0 Å². The molecular weight excluding hydrogens is 457 g/mol. The Morgan fingerprint density at radius 2 is 1.68 bits per heavy atom. The Morgan fingerprint density at radius 3 is 2.38 bits per heavy atom. The molecule has 0 radical (unpaired) electrons. The summed E-state index contributed by atoms with van der Waals surface area (Å²) in [5.74, 6) is 1.91. The zero-order valence-corrected chi connectivity index (χ0v) is 21.0. The number of aromatic nitrogens is 3. The SMILES string of the molecule is CCN1CCCC1CNc1nc(NCC2CCCCC2)nc(Nc2ccc(F)c(OC)c2)n1.Cl. The van der Waals surface area contributed by atoms with Crippen LogP contribution >= 0.6 is 12.4 Å². The van der Waals surface area contributed by atoms with Gasteiger partial charge < -0.3 is 20.7 Å². The average Bonchev–Trinajstić information content (AvgIpc) is 3.31. The third kappa shape index (κ3) is 7.06. The highest BCUT2D eigenvalue weighted by Crippen LogP contribution is 2.26. The van der Waals surface area contributed by atoms with Crippen molar-refractivity contribution in [3.05, 3.63) is 24.0 Å². The first kappa shape index (κ1) is 26.2. The van der Waals surface area contributed by atoms with Gasteiger partial charge in [0, 0.05) is 30.9 Å². The van der Waals surface area contributed by atoms with E-state index in [-0.39, 0.29) is 18.2 Å². The third-order valence-corrected chi connectivity index (χ3v) is 6.72. The van der Waals surface area contributed by atoms with Crippen LogP contribution in [0.1, 0.15) is 51.9 Å². The predicted molar refractivity (Wildman–Crippen MR) is 137 cm³/mol. The molecular formula is C24H37ClFN7O. The largest absolute Gasteiger partial charge is 0.494 e. The van der Waals surface area contributed by atoms with E-state index in [2.05, 4.69) is 42.7 Å². The van der Waals surface area contributed by atoms with Gasteiger partial charge in [-0.05, 0) is 56.8 Å². The number of rotatable bonds is 10. The van der Waals surface area contributed by atoms with Crippen LogP contribution in [0.2, 0.25) is 0 Å². The van der Waals surface area contributed by atoms with Gasteiger partial charge in [-0.3, -0.25) is 4.90 Å². The van der Waals surface area contributed by atoms with Crippen molar-refractivity contribution in [2.24, 2.45) is 5.92 Å². The first-order valence-corrected chi connectivity index (χ1v) is 12.2. The smallest absolute Gasteiger partial charge is 0.233 e. The fraction of sp³-hybridized carbons (Fsp3) is 0.625. The van der Waals surface area contributed by atoms with Gasteiger partial charge in [-0.25, -0.2) is 4.39 Å². The van der Waals surface area contributed by atoms with E-state index in [1.807, 2.05) is 0 Å². The minimum Gasteiger partial charge on any atom is -0.494 e. The highest BCUT2D eigenvalue weighted by Gasteiger charge is 2.23. The molecule has 3 N–H and O–H groups in total. The van der Waals surface area contributed by atoms with Crippen LogP contribution in [-0.4, -0.2) is 59.2 Å². The Balaban J connectivity index is 0.00000324. The van der Waals surface area contributed by atoms with Crippen molar-refractivity contribution in [2.45, 2.75) is 57.9 Å². The molecule has 4 rings (SSSR count). The highest BCUT2D eigenvalue weighted by molar-refractivity contribution is 5.85. The predicted octanol–water partition coefficient (Wildman–Crippen LogP) is 5.07. The number of anilines is 4. The van der Waals surface area contributed by atoms with Gasteiger partial charge in [0.1, 0.15) is 0 Å². The fourth-order valence-electron chi connectivity index (χ4n) is 4.84. The zero-order valence-electron chi connectivity index (χ0n) is 20.1. The number of nitrogens with one attached hydrogen (secondary N) is 3. The number of hydrogen-bond donors (Lipinski definition) is 3. The fourth-order valence-corrected chi connectivity index (χ4v) is 4.84. The Bertz CT molecular complexity index is 913. The van der Waals surface area contributed by atoms with Crippen LogP contribution in [0.3, 0.4) is 0 Å². The summed E-state index contributed by atoms with van der Waals surface area (Å²) < 4.78 is 18.9. The first-order valence-electron chi connectivity index (χ1n) is 12.2. The van der Waals surface area contributed by atoms with Gasteiger partial charge in [-0.2, -0.15) is 15.0 Å². The lowest BCUT2D eigenvalue weighted by Crippen LogP contribution is -2.35. The van der Waals surface area contributed by atoms with E-state index in [1.165, 1.54) is 58.1 Å². The topological polar surface area (TPSA) is 87.2 Å². The molecule has 1 aromatic heterocycles. The van der Waals surface area contributed by atoms with Crippen LogP contribution in [0.25, 0.3) is 0 Å². The van der Waals surface area contributed by atoms with Crippen molar-refractivity contribution >= 4 is 35.9 Å². The lowest BCUT2D eigenvalue weighted by molar-refractivity contribution is 0.277.